The number of aromatic nitrogens is 4. The minimum absolute atomic E-state index is 0.284. The van der Waals surface area contributed by atoms with Gasteiger partial charge in [0.1, 0.15) is 6.10 Å². The highest BCUT2D eigenvalue weighted by atomic mass is 16.3. The molecule has 68 valence electrons. The van der Waals surface area contributed by atoms with Crippen LogP contribution in [0, 0.1) is 0 Å². The van der Waals surface area contributed by atoms with E-state index in [1.165, 1.54) is 4.80 Å². The SMILES string of the molecule is CCn1nnc(C(O)C(C)N)n1. The van der Waals surface area contributed by atoms with E-state index in [1.54, 1.807) is 6.92 Å². The van der Waals surface area contributed by atoms with E-state index in [-0.39, 0.29) is 11.9 Å². The van der Waals surface area contributed by atoms with Gasteiger partial charge in [-0.3, -0.25) is 0 Å². The third-order valence-electron chi connectivity index (χ3n) is 1.51. The first kappa shape index (κ1) is 9.08. The van der Waals surface area contributed by atoms with Crippen molar-refractivity contribution in [1.82, 2.24) is 20.2 Å². The van der Waals surface area contributed by atoms with E-state index >= 15 is 0 Å². The maximum Gasteiger partial charge on any atom is 0.204 e. The van der Waals surface area contributed by atoms with Crippen molar-refractivity contribution in [3.8, 4) is 0 Å². The van der Waals surface area contributed by atoms with Crippen LogP contribution in [0.5, 0.6) is 0 Å². The lowest BCUT2D eigenvalue weighted by molar-refractivity contribution is 0.143. The molecule has 6 heteroatoms. The highest BCUT2D eigenvalue weighted by Crippen LogP contribution is 2.07. The number of aryl methyl sites for hydroxylation is 1. The summed E-state index contributed by atoms with van der Waals surface area (Å²) in [4.78, 5) is 1.40. The first-order chi connectivity index (χ1) is 5.65. The molecule has 0 amide bonds. The summed E-state index contributed by atoms with van der Waals surface area (Å²) in [5.41, 5.74) is 5.45. The van der Waals surface area contributed by atoms with Crippen molar-refractivity contribution < 1.29 is 5.11 Å². The molecule has 0 aliphatic heterocycles. The first-order valence-corrected chi connectivity index (χ1v) is 3.86. The summed E-state index contributed by atoms with van der Waals surface area (Å²) in [5, 5.41) is 20.7. The van der Waals surface area contributed by atoms with Crippen molar-refractivity contribution in [1.29, 1.82) is 0 Å². The van der Waals surface area contributed by atoms with Crippen molar-refractivity contribution in [2.75, 3.05) is 0 Å². The molecule has 12 heavy (non-hydrogen) atoms. The molecule has 0 spiro atoms. The van der Waals surface area contributed by atoms with Crippen LogP contribution in [0.4, 0.5) is 0 Å². The van der Waals surface area contributed by atoms with Crippen molar-refractivity contribution in [3.05, 3.63) is 5.82 Å². The molecule has 0 radical (unpaired) electrons. The smallest absolute Gasteiger partial charge is 0.204 e. The van der Waals surface area contributed by atoms with Gasteiger partial charge in [-0.15, -0.1) is 10.2 Å². The van der Waals surface area contributed by atoms with E-state index in [4.69, 9.17) is 5.73 Å². The third-order valence-corrected chi connectivity index (χ3v) is 1.51. The van der Waals surface area contributed by atoms with Gasteiger partial charge in [0, 0.05) is 6.04 Å². The molecule has 2 unspecified atom stereocenters. The van der Waals surface area contributed by atoms with E-state index in [2.05, 4.69) is 15.4 Å². The molecule has 0 saturated carbocycles. The Labute approximate surface area is 70.4 Å². The van der Waals surface area contributed by atoms with Crippen LogP contribution in [0.25, 0.3) is 0 Å². The summed E-state index contributed by atoms with van der Waals surface area (Å²) in [6, 6.07) is -0.375. The lowest BCUT2D eigenvalue weighted by atomic mass is 10.2. The van der Waals surface area contributed by atoms with E-state index in [1.807, 2.05) is 6.92 Å². The fourth-order valence-electron chi connectivity index (χ4n) is 0.743. The Kier molecular flexibility index (Phi) is 2.72. The molecule has 0 bridgehead atoms. The quantitative estimate of drug-likeness (QED) is 0.613. The monoisotopic (exact) mass is 171 g/mol. The predicted octanol–water partition coefficient (Wildman–Crippen LogP) is -0.926. The third kappa shape index (κ3) is 1.77. The molecule has 3 N–H and O–H groups in total. The van der Waals surface area contributed by atoms with Crippen molar-refractivity contribution in [3.63, 3.8) is 0 Å². The summed E-state index contributed by atoms with van der Waals surface area (Å²) in [7, 11) is 0. The molecule has 0 fully saturated rings. The van der Waals surface area contributed by atoms with E-state index in [0.29, 0.717) is 6.54 Å². The number of nitrogens with two attached hydrogens (primary N) is 1. The Hall–Kier alpha value is -1.01. The minimum atomic E-state index is -0.828. The number of tetrazole rings is 1. The van der Waals surface area contributed by atoms with Gasteiger partial charge in [0.25, 0.3) is 0 Å². The second-order valence-electron chi connectivity index (χ2n) is 2.64. The highest BCUT2D eigenvalue weighted by Gasteiger charge is 2.17. The molecule has 1 rings (SSSR count). The lowest BCUT2D eigenvalue weighted by Crippen LogP contribution is -2.25. The van der Waals surface area contributed by atoms with Crippen LogP contribution in [0.15, 0.2) is 0 Å². The van der Waals surface area contributed by atoms with Crippen LogP contribution in [-0.2, 0) is 6.54 Å². The summed E-state index contributed by atoms with van der Waals surface area (Å²) in [6.45, 7) is 4.22. The predicted molar refractivity (Wildman–Crippen MR) is 42.1 cm³/mol. The number of aliphatic hydroxyl groups excluding tert-OH is 1. The van der Waals surface area contributed by atoms with Crippen LogP contribution in [0.3, 0.4) is 0 Å². The van der Waals surface area contributed by atoms with E-state index < -0.39 is 6.10 Å². The van der Waals surface area contributed by atoms with Gasteiger partial charge < -0.3 is 10.8 Å². The normalized spacial score (nSPS) is 16.0. The van der Waals surface area contributed by atoms with Gasteiger partial charge in [-0.1, -0.05) is 0 Å². The Morgan fingerprint density at radius 1 is 1.67 bits per heavy atom. The zero-order valence-corrected chi connectivity index (χ0v) is 7.18. The Morgan fingerprint density at radius 3 is 2.75 bits per heavy atom. The number of hydrogen-bond acceptors (Lipinski definition) is 5. The maximum absolute atomic E-state index is 9.40. The molecule has 0 aromatic carbocycles. The van der Waals surface area contributed by atoms with Gasteiger partial charge in [0.05, 0.1) is 6.54 Å². The second kappa shape index (κ2) is 3.59. The van der Waals surface area contributed by atoms with E-state index in [0.717, 1.165) is 0 Å². The molecule has 0 aliphatic rings. The van der Waals surface area contributed by atoms with Gasteiger partial charge in [-0.05, 0) is 19.1 Å². The fraction of sp³-hybridized carbons (Fsp3) is 0.833. The van der Waals surface area contributed by atoms with E-state index in [9.17, 15) is 5.11 Å². The molecule has 1 aromatic rings. The lowest BCUT2D eigenvalue weighted by Gasteiger charge is -2.08. The Morgan fingerprint density at radius 2 is 2.33 bits per heavy atom. The minimum Gasteiger partial charge on any atom is -0.383 e. The van der Waals surface area contributed by atoms with Crippen LogP contribution < -0.4 is 5.73 Å². The topological polar surface area (TPSA) is 89.8 Å². The van der Waals surface area contributed by atoms with Gasteiger partial charge in [0.2, 0.25) is 5.82 Å². The molecule has 6 nitrogen and oxygen atoms in total. The Bertz CT molecular complexity index is 246. The van der Waals surface area contributed by atoms with Crippen LogP contribution in [-0.4, -0.2) is 31.4 Å². The highest BCUT2D eigenvalue weighted by molar-refractivity contribution is 4.88. The standard InChI is InChI=1S/C6H13N5O/c1-3-11-9-6(8-10-11)5(12)4(2)7/h4-5,12H,3,7H2,1-2H3. The summed E-state index contributed by atoms with van der Waals surface area (Å²) >= 11 is 0. The maximum atomic E-state index is 9.40. The summed E-state index contributed by atoms with van der Waals surface area (Å²) in [5.74, 6) is 0.284. The second-order valence-corrected chi connectivity index (χ2v) is 2.64. The molecular formula is C6H13N5O. The summed E-state index contributed by atoms with van der Waals surface area (Å²) in [6.07, 6.45) is -0.828. The fourth-order valence-corrected chi connectivity index (χ4v) is 0.743. The first-order valence-electron chi connectivity index (χ1n) is 3.86. The number of nitrogens with zero attached hydrogens (tertiary/aromatic N) is 4. The van der Waals surface area contributed by atoms with Crippen LogP contribution in [0.1, 0.15) is 25.8 Å². The van der Waals surface area contributed by atoms with Crippen molar-refractivity contribution >= 4 is 0 Å². The molecular weight excluding hydrogens is 158 g/mol. The van der Waals surface area contributed by atoms with Gasteiger partial charge in [-0.25, -0.2) is 0 Å². The largest absolute Gasteiger partial charge is 0.383 e. The van der Waals surface area contributed by atoms with Gasteiger partial charge in [-0.2, -0.15) is 4.80 Å². The number of hydrogen-bond donors (Lipinski definition) is 2. The van der Waals surface area contributed by atoms with Crippen molar-refractivity contribution in [2.45, 2.75) is 32.5 Å². The molecule has 0 saturated heterocycles. The Balaban J connectivity index is 2.74. The summed E-state index contributed by atoms with van der Waals surface area (Å²) < 4.78 is 0. The number of aliphatic hydroxyl groups is 1. The number of rotatable bonds is 3. The van der Waals surface area contributed by atoms with Crippen molar-refractivity contribution in [2.24, 2.45) is 5.73 Å². The molecule has 2 atom stereocenters. The zero-order valence-electron chi connectivity index (χ0n) is 7.18. The molecule has 0 aliphatic carbocycles. The van der Waals surface area contributed by atoms with Gasteiger partial charge >= 0.3 is 0 Å². The average Bonchev–Trinajstić information content (AvgIpc) is 2.50. The zero-order chi connectivity index (χ0) is 9.14. The van der Waals surface area contributed by atoms with Crippen LogP contribution >= 0.6 is 0 Å². The molecule has 1 aromatic heterocycles. The van der Waals surface area contributed by atoms with Gasteiger partial charge in [0.15, 0.2) is 0 Å². The van der Waals surface area contributed by atoms with Crippen LogP contribution in [0.2, 0.25) is 0 Å². The molecule has 1 heterocycles. The average molecular weight is 171 g/mol.